The summed E-state index contributed by atoms with van der Waals surface area (Å²) in [7, 11) is 0. The Bertz CT molecular complexity index is 697. The summed E-state index contributed by atoms with van der Waals surface area (Å²) in [5, 5.41) is 21.7. The lowest BCUT2D eigenvalue weighted by molar-refractivity contribution is -0.119. The minimum Gasteiger partial charge on any atom is -0.393 e. The molecule has 0 radical (unpaired) electrons. The Kier molecular flexibility index (Phi) is 6.26. The topological polar surface area (TPSA) is 40.5 Å². The Morgan fingerprint density at radius 1 is 0.903 bits per heavy atom. The quantitative estimate of drug-likeness (QED) is 0.461. The van der Waals surface area contributed by atoms with Crippen molar-refractivity contribution < 1.29 is 10.2 Å². The van der Waals surface area contributed by atoms with Crippen LogP contribution in [0.25, 0.3) is 0 Å². The van der Waals surface area contributed by atoms with Crippen molar-refractivity contribution in [3.05, 3.63) is 11.6 Å². The molecule has 10 atom stereocenters. The highest BCUT2D eigenvalue weighted by Crippen LogP contribution is 2.71. The zero-order chi connectivity index (χ0) is 22.8. The summed E-state index contributed by atoms with van der Waals surface area (Å²) in [6.07, 6.45) is 12.3. The second-order valence-electron chi connectivity index (χ2n) is 13.4. The third-order valence-electron chi connectivity index (χ3n) is 12.1. The van der Waals surface area contributed by atoms with Crippen LogP contribution >= 0.6 is 0 Å². The zero-order valence-electron chi connectivity index (χ0n) is 21.5. The van der Waals surface area contributed by atoms with Gasteiger partial charge in [-0.05, 0) is 103 Å². The van der Waals surface area contributed by atoms with E-state index in [9.17, 15) is 10.2 Å². The van der Waals surface area contributed by atoms with Crippen molar-refractivity contribution in [2.45, 2.75) is 118 Å². The molecule has 3 fully saturated rings. The van der Waals surface area contributed by atoms with Crippen LogP contribution in [0.1, 0.15) is 106 Å². The molecule has 0 aromatic carbocycles. The summed E-state index contributed by atoms with van der Waals surface area (Å²) in [4.78, 5) is 0. The molecular formula is C29H50O2. The first-order valence-electron chi connectivity index (χ1n) is 13.5. The van der Waals surface area contributed by atoms with E-state index in [1.807, 2.05) is 0 Å². The average molecular weight is 431 g/mol. The van der Waals surface area contributed by atoms with Crippen molar-refractivity contribution in [2.24, 2.45) is 51.8 Å². The summed E-state index contributed by atoms with van der Waals surface area (Å²) in [6, 6.07) is 0. The van der Waals surface area contributed by atoms with Gasteiger partial charge >= 0.3 is 0 Å². The predicted octanol–water partition coefficient (Wildman–Crippen LogP) is 7.00. The Balaban J connectivity index is 1.58. The number of aliphatic hydroxyl groups is 2. The molecule has 2 nitrogen and oxygen atoms in total. The van der Waals surface area contributed by atoms with Crippen LogP contribution in [0.3, 0.4) is 0 Å². The van der Waals surface area contributed by atoms with Gasteiger partial charge in [0, 0.05) is 0 Å². The molecule has 0 bridgehead atoms. The fourth-order valence-electron chi connectivity index (χ4n) is 8.91. The molecule has 31 heavy (non-hydrogen) atoms. The molecule has 0 aromatic heterocycles. The first-order valence-corrected chi connectivity index (χ1v) is 13.5. The monoisotopic (exact) mass is 430 g/mol. The van der Waals surface area contributed by atoms with E-state index in [0.29, 0.717) is 28.6 Å². The molecule has 0 aliphatic heterocycles. The molecule has 0 saturated heterocycles. The first kappa shape index (κ1) is 23.8. The van der Waals surface area contributed by atoms with Crippen LogP contribution in [-0.4, -0.2) is 22.4 Å². The molecule has 2 N–H and O–H groups in total. The van der Waals surface area contributed by atoms with Crippen molar-refractivity contribution in [1.82, 2.24) is 0 Å². The lowest BCUT2D eigenvalue weighted by Gasteiger charge is -2.61. The van der Waals surface area contributed by atoms with Gasteiger partial charge < -0.3 is 10.2 Å². The van der Waals surface area contributed by atoms with Crippen molar-refractivity contribution in [3.8, 4) is 0 Å². The van der Waals surface area contributed by atoms with E-state index in [1.54, 1.807) is 0 Å². The Hall–Kier alpha value is -0.340. The molecule has 4 aliphatic carbocycles. The van der Waals surface area contributed by atoms with E-state index in [2.05, 4.69) is 54.5 Å². The number of hydrogen-bond donors (Lipinski definition) is 2. The molecule has 4 rings (SSSR count). The molecule has 178 valence electrons. The molecule has 3 saturated carbocycles. The van der Waals surface area contributed by atoms with Gasteiger partial charge in [0.05, 0.1) is 12.2 Å². The Morgan fingerprint density at radius 2 is 1.58 bits per heavy atom. The minimum absolute atomic E-state index is 0.196. The fraction of sp³-hybridized carbons (Fsp3) is 0.931. The molecule has 0 aromatic rings. The molecule has 0 unspecified atom stereocenters. The van der Waals surface area contributed by atoms with Gasteiger partial charge in [0.2, 0.25) is 0 Å². The molecule has 4 aliphatic rings. The van der Waals surface area contributed by atoms with E-state index in [-0.39, 0.29) is 17.6 Å². The van der Waals surface area contributed by atoms with Crippen LogP contribution in [-0.2, 0) is 0 Å². The SMILES string of the molecule is CC(C)[C@H](C)CC[C@@H](C)[C@@]1(C)CC[C@H]2[C@@H]3[C@H](O)C=C4C[C@@H](O)CC[C@]4(C)[C@H]3CC[C@@]21C. The highest BCUT2D eigenvalue weighted by atomic mass is 16.3. The second kappa shape index (κ2) is 8.15. The van der Waals surface area contributed by atoms with Crippen LogP contribution in [0.4, 0.5) is 0 Å². The van der Waals surface area contributed by atoms with Crippen LogP contribution in [0, 0.1) is 51.8 Å². The highest BCUT2D eigenvalue weighted by Gasteiger charge is 2.64. The number of fused-ring (bicyclic) bond motifs is 5. The smallest absolute Gasteiger partial charge is 0.0757 e. The van der Waals surface area contributed by atoms with E-state index < -0.39 is 0 Å². The first-order chi connectivity index (χ1) is 14.4. The summed E-state index contributed by atoms with van der Waals surface area (Å²) in [5.74, 6) is 3.95. The van der Waals surface area contributed by atoms with Gasteiger partial charge in [0.15, 0.2) is 0 Å². The largest absolute Gasteiger partial charge is 0.393 e. The highest BCUT2D eigenvalue weighted by molar-refractivity contribution is 5.28. The zero-order valence-corrected chi connectivity index (χ0v) is 21.5. The second-order valence-corrected chi connectivity index (χ2v) is 13.4. The van der Waals surface area contributed by atoms with E-state index >= 15 is 0 Å². The van der Waals surface area contributed by atoms with Gasteiger partial charge in [-0.25, -0.2) is 0 Å². The molecule has 0 heterocycles. The maximum atomic E-state index is 11.4. The lowest BCUT2D eigenvalue weighted by Crippen LogP contribution is -2.56. The van der Waals surface area contributed by atoms with Crippen LogP contribution < -0.4 is 0 Å². The van der Waals surface area contributed by atoms with Crippen molar-refractivity contribution >= 4 is 0 Å². The van der Waals surface area contributed by atoms with Gasteiger partial charge in [-0.3, -0.25) is 0 Å². The summed E-state index contributed by atoms with van der Waals surface area (Å²) in [5.41, 5.74) is 2.28. The minimum atomic E-state index is -0.318. The van der Waals surface area contributed by atoms with Gasteiger partial charge in [-0.15, -0.1) is 0 Å². The predicted molar refractivity (Wildman–Crippen MR) is 130 cm³/mol. The maximum absolute atomic E-state index is 11.4. The van der Waals surface area contributed by atoms with Crippen LogP contribution in [0.2, 0.25) is 0 Å². The normalized spacial score (nSPS) is 49.1. The number of hydrogen-bond acceptors (Lipinski definition) is 2. The van der Waals surface area contributed by atoms with Gasteiger partial charge in [0.1, 0.15) is 0 Å². The molecule has 0 spiro atoms. The van der Waals surface area contributed by atoms with Crippen molar-refractivity contribution in [3.63, 3.8) is 0 Å². The van der Waals surface area contributed by atoms with Crippen LogP contribution in [0.5, 0.6) is 0 Å². The molecule has 2 heteroatoms. The summed E-state index contributed by atoms with van der Waals surface area (Å²) in [6.45, 7) is 17.3. The van der Waals surface area contributed by atoms with Crippen molar-refractivity contribution in [2.75, 3.05) is 0 Å². The van der Waals surface area contributed by atoms with E-state index in [4.69, 9.17) is 0 Å². The molecular weight excluding hydrogens is 380 g/mol. The maximum Gasteiger partial charge on any atom is 0.0757 e. The summed E-state index contributed by atoms with van der Waals surface area (Å²) >= 11 is 0. The Morgan fingerprint density at radius 3 is 2.26 bits per heavy atom. The fourth-order valence-corrected chi connectivity index (χ4v) is 8.91. The summed E-state index contributed by atoms with van der Waals surface area (Å²) < 4.78 is 0. The van der Waals surface area contributed by atoms with E-state index in [0.717, 1.165) is 37.0 Å². The van der Waals surface area contributed by atoms with E-state index in [1.165, 1.54) is 44.1 Å². The number of aliphatic hydroxyl groups excluding tert-OH is 2. The van der Waals surface area contributed by atoms with Crippen molar-refractivity contribution in [1.29, 1.82) is 0 Å². The van der Waals surface area contributed by atoms with Gasteiger partial charge in [-0.1, -0.05) is 66.5 Å². The van der Waals surface area contributed by atoms with Gasteiger partial charge in [0.25, 0.3) is 0 Å². The third kappa shape index (κ3) is 3.58. The van der Waals surface area contributed by atoms with Crippen LogP contribution in [0.15, 0.2) is 11.6 Å². The lowest BCUT2D eigenvalue weighted by atomic mass is 9.44. The standard InChI is InChI=1S/C29H50O2/c1-18(2)19(3)8-9-20(4)28(6)14-12-24-26-23(11-15-29(24,28)7)27(5)13-10-22(30)16-21(27)17-25(26)31/h17-20,22-26,30-31H,8-16H2,1-7H3/t19-,20-,22+,23+,24+,25-,26-,27+,28-,29+/m1/s1. The molecule has 0 amide bonds. The number of rotatable bonds is 5. The third-order valence-corrected chi connectivity index (χ3v) is 12.1. The average Bonchev–Trinajstić information content (AvgIpc) is 2.99. The Labute approximate surface area is 192 Å². The van der Waals surface area contributed by atoms with Gasteiger partial charge in [-0.2, -0.15) is 0 Å².